The molecule has 0 unspecified atom stereocenters. The molecule has 2 aromatic rings. The lowest BCUT2D eigenvalue weighted by Crippen LogP contribution is -2.03. The van der Waals surface area contributed by atoms with Crippen LogP contribution in [0, 0.1) is 0 Å². The highest BCUT2D eigenvalue weighted by atomic mass is 79.9. The fraction of sp³-hybridized carbons (Fsp3) is 0.211. The van der Waals surface area contributed by atoms with Crippen LogP contribution >= 0.6 is 15.9 Å². The fourth-order valence-electron chi connectivity index (χ4n) is 2.67. The molecule has 0 saturated carbocycles. The summed E-state index contributed by atoms with van der Waals surface area (Å²) in [6.07, 6.45) is 1.87. The summed E-state index contributed by atoms with van der Waals surface area (Å²) in [5.74, 6) is 1.24. The van der Waals surface area contributed by atoms with Gasteiger partial charge >= 0.3 is 0 Å². The number of carbonyl (C=O) groups is 1. The van der Waals surface area contributed by atoms with Crippen molar-refractivity contribution in [1.82, 2.24) is 0 Å². The summed E-state index contributed by atoms with van der Waals surface area (Å²) in [5, 5.41) is 2.88. The number of fused-ring (bicyclic) bond motifs is 1. The van der Waals surface area contributed by atoms with Crippen molar-refractivity contribution in [3.8, 4) is 11.5 Å². The van der Waals surface area contributed by atoms with Gasteiger partial charge in [-0.1, -0.05) is 18.2 Å². The van der Waals surface area contributed by atoms with Crippen LogP contribution in [-0.4, -0.2) is 19.1 Å². The van der Waals surface area contributed by atoms with Gasteiger partial charge in [0.25, 0.3) is 5.91 Å². The smallest absolute Gasteiger partial charge is 0.256 e. The van der Waals surface area contributed by atoms with Crippen molar-refractivity contribution in [2.45, 2.75) is 13.8 Å². The third-order valence-corrected chi connectivity index (χ3v) is 4.23. The van der Waals surface area contributed by atoms with Gasteiger partial charge in [0.15, 0.2) is 11.5 Å². The molecule has 5 heteroatoms. The second kappa shape index (κ2) is 7.09. The number of rotatable bonds is 5. The minimum Gasteiger partial charge on any atom is -0.490 e. The molecule has 4 nitrogen and oxygen atoms in total. The van der Waals surface area contributed by atoms with Crippen molar-refractivity contribution in [2.24, 2.45) is 0 Å². The second-order valence-electron chi connectivity index (χ2n) is 5.25. The van der Waals surface area contributed by atoms with Gasteiger partial charge in [-0.05, 0) is 59.6 Å². The summed E-state index contributed by atoms with van der Waals surface area (Å²) in [5.41, 5.74) is 3.26. The van der Waals surface area contributed by atoms with Crippen LogP contribution in [0.3, 0.4) is 0 Å². The van der Waals surface area contributed by atoms with Crippen molar-refractivity contribution in [3.05, 3.63) is 52.0 Å². The molecule has 0 atom stereocenters. The molecule has 0 aromatic heterocycles. The van der Waals surface area contributed by atoms with Gasteiger partial charge in [0.05, 0.1) is 17.7 Å². The Morgan fingerprint density at radius 1 is 1.12 bits per heavy atom. The van der Waals surface area contributed by atoms with Gasteiger partial charge in [0.2, 0.25) is 0 Å². The zero-order valence-corrected chi connectivity index (χ0v) is 15.1. The van der Waals surface area contributed by atoms with E-state index in [1.165, 1.54) is 0 Å². The van der Waals surface area contributed by atoms with Crippen LogP contribution in [-0.2, 0) is 4.79 Å². The van der Waals surface area contributed by atoms with Gasteiger partial charge in [-0.3, -0.25) is 4.79 Å². The van der Waals surface area contributed by atoms with Gasteiger partial charge in [0, 0.05) is 16.8 Å². The lowest BCUT2D eigenvalue weighted by Gasteiger charge is -2.13. The van der Waals surface area contributed by atoms with E-state index < -0.39 is 0 Å². The van der Waals surface area contributed by atoms with E-state index in [-0.39, 0.29) is 5.91 Å². The Hall–Kier alpha value is -2.27. The second-order valence-corrected chi connectivity index (χ2v) is 6.11. The number of benzene rings is 2. The normalized spacial score (nSPS) is 14.5. The SMILES string of the molecule is CCOc1cc(/C=C2\C(=O)Nc3ccccc32)cc(Br)c1OCC. The first-order valence-corrected chi connectivity index (χ1v) is 8.65. The van der Waals surface area contributed by atoms with Gasteiger partial charge in [-0.15, -0.1) is 0 Å². The summed E-state index contributed by atoms with van der Waals surface area (Å²) in [4.78, 5) is 12.3. The molecule has 1 N–H and O–H groups in total. The Morgan fingerprint density at radius 3 is 2.62 bits per heavy atom. The Balaban J connectivity index is 2.05. The molecule has 0 fully saturated rings. The Labute approximate surface area is 149 Å². The third kappa shape index (κ3) is 3.17. The number of carbonyl (C=O) groups excluding carboxylic acids is 1. The molecule has 1 aliphatic heterocycles. The maximum atomic E-state index is 12.3. The lowest BCUT2D eigenvalue weighted by atomic mass is 10.0. The first-order valence-electron chi connectivity index (χ1n) is 7.85. The number of halogens is 1. The number of amides is 1. The van der Waals surface area contributed by atoms with Crippen molar-refractivity contribution in [2.75, 3.05) is 18.5 Å². The predicted octanol–water partition coefficient (Wildman–Crippen LogP) is 4.74. The Bertz CT molecular complexity index is 814. The number of nitrogens with one attached hydrogen (secondary N) is 1. The van der Waals surface area contributed by atoms with E-state index in [4.69, 9.17) is 9.47 Å². The van der Waals surface area contributed by atoms with E-state index in [2.05, 4.69) is 21.2 Å². The van der Waals surface area contributed by atoms with Crippen molar-refractivity contribution >= 4 is 39.2 Å². The number of para-hydroxylation sites is 1. The zero-order chi connectivity index (χ0) is 17.1. The highest BCUT2D eigenvalue weighted by Crippen LogP contribution is 2.39. The van der Waals surface area contributed by atoms with Crippen LogP contribution in [0.15, 0.2) is 40.9 Å². The number of anilines is 1. The largest absolute Gasteiger partial charge is 0.490 e. The van der Waals surface area contributed by atoms with Gasteiger partial charge in [0.1, 0.15) is 0 Å². The van der Waals surface area contributed by atoms with Crippen LogP contribution in [0.1, 0.15) is 25.0 Å². The molecule has 0 radical (unpaired) electrons. The van der Waals surface area contributed by atoms with Crippen molar-refractivity contribution < 1.29 is 14.3 Å². The monoisotopic (exact) mass is 387 g/mol. The van der Waals surface area contributed by atoms with Crippen LogP contribution in [0.2, 0.25) is 0 Å². The van der Waals surface area contributed by atoms with E-state index >= 15 is 0 Å². The maximum Gasteiger partial charge on any atom is 0.256 e. The van der Waals surface area contributed by atoms with Crippen molar-refractivity contribution in [3.63, 3.8) is 0 Å². The zero-order valence-electron chi connectivity index (χ0n) is 13.6. The number of ether oxygens (including phenoxy) is 2. The van der Waals surface area contributed by atoms with E-state index in [0.29, 0.717) is 30.3 Å². The number of hydrogen-bond donors (Lipinski definition) is 1. The van der Waals surface area contributed by atoms with Crippen LogP contribution < -0.4 is 14.8 Å². The molecule has 1 aliphatic rings. The molecule has 3 rings (SSSR count). The third-order valence-electron chi connectivity index (χ3n) is 3.64. The first kappa shape index (κ1) is 16.6. The average molecular weight is 388 g/mol. The summed E-state index contributed by atoms with van der Waals surface area (Å²) in [7, 11) is 0. The molecule has 1 amide bonds. The summed E-state index contributed by atoms with van der Waals surface area (Å²) < 4.78 is 12.1. The number of hydrogen-bond acceptors (Lipinski definition) is 3. The quantitative estimate of drug-likeness (QED) is 0.753. The van der Waals surface area contributed by atoms with Gasteiger partial charge in [-0.2, -0.15) is 0 Å². The average Bonchev–Trinajstić information content (AvgIpc) is 2.87. The van der Waals surface area contributed by atoms with Crippen LogP contribution in [0.4, 0.5) is 5.69 Å². The topological polar surface area (TPSA) is 47.6 Å². The molecule has 124 valence electrons. The minimum atomic E-state index is -0.0980. The molecular weight excluding hydrogens is 370 g/mol. The standard InChI is InChI=1S/C19H18BrNO3/c1-3-23-17-11-12(10-15(20)18(17)24-4-2)9-14-13-7-5-6-8-16(13)21-19(14)22/h5-11H,3-4H2,1-2H3,(H,21,22)/b14-9-. The molecule has 1 heterocycles. The summed E-state index contributed by atoms with van der Waals surface area (Å²) in [6, 6.07) is 11.5. The van der Waals surface area contributed by atoms with E-state index in [1.807, 2.05) is 56.3 Å². The molecular formula is C19H18BrNO3. The molecule has 0 saturated heterocycles. The summed E-state index contributed by atoms with van der Waals surface area (Å²) >= 11 is 3.53. The molecule has 0 aliphatic carbocycles. The minimum absolute atomic E-state index is 0.0980. The highest BCUT2D eigenvalue weighted by Gasteiger charge is 2.23. The Kier molecular flexibility index (Phi) is 4.90. The van der Waals surface area contributed by atoms with E-state index in [9.17, 15) is 4.79 Å². The maximum absolute atomic E-state index is 12.3. The molecule has 2 aromatic carbocycles. The summed E-state index contributed by atoms with van der Waals surface area (Å²) in [6.45, 7) is 4.94. The molecule has 0 spiro atoms. The van der Waals surface area contributed by atoms with E-state index in [1.54, 1.807) is 0 Å². The van der Waals surface area contributed by atoms with Crippen LogP contribution in [0.5, 0.6) is 11.5 Å². The first-order chi connectivity index (χ1) is 11.6. The van der Waals surface area contributed by atoms with E-state index in [0.717, 1.165) is 21.3 Å². The molecule has 0 bridgehead atoms. The predicted molar refractivity (Wildman–Crippen MR) is 99.4 cm³/mol. The lowest BCUT2D eigenvalue weighted by molar-refractivity contribution is -0.110. The fourth-order valence-corrected chi connectivity index (χ4v) is 3.24. The van der Waals surface area contributed by atoms with Crippen LogP contribution in [0.25, 0.3) is 11.6 Å². The van der Waals surface area contributed by atoms with Gasteiger partial charge < -0.3 is 14.8 Å². The van der Waals surface area contributed by atoms with Crippen molar-refractivity contribution in [1.29, 1.82) is 0 Å². The Morgan fingerprint density at radius 2 is 1.88 bits per heavy atom. The highest BCUT2D eigenvalue weighted by molar-refractivity contribution is 9.10. The molecule has 24 heavy (non-hydrogen) atoms. The van der Waals surface area contributed by atoms with Gasteiger partial charge in [-0.25, -0.2) is 0 Å².